The van der Waals surface area contributed by atoms with Gasteiger partial charge in [-0.1, -0.05) is 13.8 Å². The molecule has 1 N–H and O–H groups in total. The molecule has 1 fully saturated rings. The molecule has 2 aromatic carbocycles. The molecule has 0 saturated carbocycles. The van der Waals surface area contributed by atoms with Crippen LogP contribution in [0.2, 0.25) is 0 Å². The van der Waals surface area contributed by atoms with Gasteiger partial charge in [-0.3, -0.25) is 4.79 Å². The number of rotatable bonds is 10. The Bertz CT molecular complexity index is 1110. The number of ether oxygens (including phenoxy) is 1. The molecule has 0 unspecified atom stereocenters. The highest BCUT2D eigenvalue weighted by molar-refractivity contribution is 5.96. The lowest BCUT2D eigenvalue weighted by atomic mass is 10.0. The van der Waals surface area contributed by atoms with Gasteiger partial charge in [0.1, 0.15) is 5.75 Å². The average Bonchev–Trinajstić information content (AvgIpc) is 2.92. The number of likely N-dealkylation sites (N-methyl/N-ethyl adjacent to an activating group) is 1. The number of aryl methyl sites for hydroxylation is 2. The molecule has 0 amide bonds. The molecule has 184 valence electrons. The lowest BCUT2D eigenvalue weighted by molar-refractivity contribution is 0.0987. The second-order valence-electron chi connectivity index (χ2n) is 8.85. The number of carbonyl (C=O) groups is 1. The van der Waals surface area contributed by atoms with Crippen LogP contribution >= 0.6 is 0 Å². The van der Waals surface area contributed by atoms with E-state index in [-0.39, 0.29) is 5.78 Å². The van der Waals surface area contributed by atoms with Crippen molar-refractivity contribution in [3.8, 4) is 5.75 Å². The van der Waals surface area contributed by atoms with Crippen LogP contribution in [0, 0.1) is 0 Å². The quantitative estimate of drug-likeness (QED) is 0.426. The number of anilines is 3. The van der Waals surface area contributed by atoms with Crippen molar-refractivity contribution in [1.82, 2.24) is 14.9 Å². The third-order valence-electron chi connectivity index (χ3n) is 6.56. The number of ketones is 1. The van der Waals surface area contributed by atoms with Gasteiger partial charge < -0.3 is 19.9 Å². The summed E-state index contributed by atoms with van der Waals surface area (Å²) < 4.78 is 5.38. The Morgan fingerprint density at radius 2 is 1.63 bits per heavy atom. The summed E-state index contributed by atoms with van der Waals surface area (Å²) in [6.45, 7) is 9.58. The number of Topliss-reactive ketones (excluding diaryl/α,β-unsaturated/α-hetero) is 1. The van der Waals surface area contributed by atoms with Crippen LogP contribution in [0.3, 0.4) is 0 Å². The van der Waals surface area contributed by atoms with E-state index in [1.54, 1.807) is 13.2 Å². The Labute approximate surface area is 208 Å². The van der Waals surface area contributed by atoms with E-state index in [0.717, 1.165) is 62.4 Å². The summed E-state index contributed by atoms with van der Waals surface area (Å²) in [7, 11) is 1.62. The predicted octanol–water partition coefficient (Wildman–Crippen LogP) is 4.75. The Morgan fingerprint density at radius 3 is 2.26 bits per heavy atom. The minimum Gasteiger partial charge on any atom is -0.497 e. The van der Waals surface area contributed by atoms with Crippen LogP contribution in [0.5, 0.6) is 5.75 Å². The zero-order valence-corrected chi connectivity index (χ0v) is 21.0. The standard InChI is InChI=1S/C28H35N5O2/c1-4-27(34)23-16-21(17-26(18-23)35-3)6-7-22-19-29-28(30-20-22)31-24-8-10-25(11-9-24)33-14-12-32(5-2)13-15-33/h8-11,16-20H,4-7,12-15H2,1-3H3,(H,29,30,31). The number of hydrogen-bond acceptors (Lipinski definition) is 7. The Kier molecular flexibility index (Phi) is 8.32. The predicted molar refractivity (Wildman–Crippen MR) is 141 cm³/mol. The summed E-state index contributed by atoms with van der Waals surface area (Å²) in [6, 6.07) is 14.2. The van der Waals surface area contributed by atoms with Crippen LogP contribution in [0.15, 0.2) is 54.9 Å². The molecule has 3 aromatic rings. The SMILES string of the molecule is CCC(=O)c1cc(CCc2cnc(Nc3ccc(N4CCN(CC)CC4)cc3)nc2)cc(OC)c1. The van der Waals surface area contributed by atoms with Gasteiger partial charge in [-0.05, 0) is 73.0 Å². The zero-order valence-electron chi connectivity index (χ0n) is 21.0. The number of piperazine rings is 1. The topological polar surface area (TPSA) is 70.6 Å². The Morgan fingerprint density at radius 1 is 0.943 bits per heavy atom. The summed E-state index contributed by atoms with van der Waals surface area (Å²) in [5, 5.41) is 3.29. The van der Waals surface area contributed by atoms with E-state index in [4.69, 9.17) is 4.74 Å². The maximum Gasteiger partial charge on any atom is 0.227 e. The molecule has 1 aliphatic rings. The van der Waals surface area contributed by atoms with Crippen molar-refractivity contribution in [2.45, 2.75) is 33.1 Å². The lowest BCUT2D eigenvalue weighted by Gasteiger charge is -2.35. The fourth-order valence-electron chi connectivity index (χ4n) is 4.33. The van der Waals surface area contributed by atoms with E-state index >= 15 is 0 Å². The van der Waals surface area contributed by atoms with Crippen LogP contribution in [0.25, 0.3) is 0 Å². The van der Waals surface area contributed by atoms with E-state index in [9.17, 15) is 4.79 Å². The van der Waals surface area contributed by atoms with Gasteiger partial charge in [-0.2, -0.15) is 0 Å². The number of nitrogens with zero attached hydrogens (tertiary/aromatic N) is 4. The molecule has 0 aliphatic carbocycles. The highest BCUT2D eigenvalue weighted by atomic mass is 16.5. The first-order valence-electron chi connectivity index (χ1n) is 12.4. The molecular weight excluding hydrogens is 438 g/mol. The van der Waals surface area contributed by atoms with Crippen molar-refractivity contribution in [2.24, 2.45) is 0 Å². The highest BCUT2D eigenvalue weighted by Crippen LogP contribution is 2.22. The second-order valence-corrected chi connectivity index (χ2v) is 8.85. The van der Waals surface area contributed by atoms with Crippen molar-refractivity contribution in [3.05, 3.63) is 71.5 Å². The van der Waals surface area contributed by atoms with Crippen LogP contribution < -0.4 is 15.0 Å². The first-order valence-corrected chi connectivity index (χ1v) is 12.4. The zero-order chi connectivity index (χ0) is 24.6. The van der Waals surface area contributed by atoms with Crippen molar-refractivity contribution in [3.63, 3.8) is 0 Å². The van der Waals surface area contributed by atoms with Gasteiger partial charge >= 0.3 is 0 Å². The third kappa shape index (κ3) is 6.57. The summed E-state index contributed by atoms with van der Waals surface area (Å²) in [4.78, 5) is 26.0. The van der Waals surface area contributed by atoms with Crippen molar-refractivity contribution in [1.29, 1.82) is 0 Å². The fraction of sp³-hybridized carbons (Fsp3) is 0.393. The number of carbonyl (C=O) groups excluding carboxylic acids is 1. The Hall–Kier alpha value is -3.45. The van der Waals surface area contributed by atoms with E-state index in [2.05, 4.69) is 56.3 Å². The largest absolute Gasteiger partial charge is 0.497 e. The summed E-state index contributed by atoms with van der Waals surface area (Å²) in [5.41, 5.74) is 5.04. The van der Waals surface area contributed by atoms with Gasteiger partial charge in [-0.15, -0.1) is 0 Å². The van der Waals surface area contributed by atoms with E-state index in [0.29, 0.717) is 23.7 Å². The molecule has 0 radical (unpaired) electrons. The molecule has 7 nitrogen and oxygen atoms in total. The molecule has 2 heterocycles. The van der Waals surface area contributed by atoms with Gasteiger partial charge in [0.05, 0.1) is 7.11 Å². The normalized spacial score (nSPS) is 14.1. The monoisotopic (exact) mass is 473 g/mol. The minimum absolute atomic E-state index is 0.121. The molecule has 4 rings (SSSR count). The third-order valence-corrected chi connectivity index (χ3v) is 6.56. The van der Waals surface area contributed by atoms with Gasteiger partial charge in [-0.25, -0.2) is 9.97 Å². The average molecular weight is 474 g/mol. The van der Waals surface area contributed by atoms with Crippen LogP contribution in [-0.4, -0.2) is 60.5 Å². The molecule has 0 spiro atoms. The van der Waals surface area contributed by atoms with Gasteiger partial charge in [0, 0.05) is 61.9 Å². The van der Waals surface area contributed by atoms with E-state index < -0.39 is 0 Å². The first kappa shape index (κ1) is 24.7. The number of nitrogens with one attached hydrogen (secondary N) is 1. The van der Waals surface area contributed by atoms with Gasteiger partial charge in [0.2, 0.25) is 5.95 Å². The molecule has 0 bridgehead atoms. The first-order chi connectivity index (χ1) is 17.1. The van der Waals surface area contributed by atoms with Crippen LogP contribution in [0.4, 0.5) is 17.3 Å². The number of aromatic nitrogens is 2. The van der Waals surface area contributed by atoms with E-state index in [1.165, 1.54) is 5.69 Å². The number of benzene rings is 2. The molecule has 1 saturated heterocycles. The second kappa shape index (κ2) is 11.8. The molecule has 0 atom stereocenters. The fourth-order valence-corrected chi connectivity index (χ4v) is 4.33. The van der Waals surface area contributed by atoms with Crippen LogP contribution in [-0.2, 0) is 12.8 Å². The lowest BCUT2D eigenvalue weighted by Crippen LogP contribution is -2.46. The maximum absolute atomic E-state index is 12.1. The summed E-state index contributed by atoms with van der Waals surface area (Å²) >= 11 is 0. The van der Waals surface area contributed by atoms with Crippen molar-refractivity contribution in [2.75, 3.05) is 50.1 Å². The molecule has 1 aromatic heterocycles. The highest BCUT2D eigenvalue weighted by Gasteiger charge is 2.15. The Balaban J connectivity index is 1.32. The number of hydrogen-bond donors (Lipinski definition) is 1. The smallest absolute Gasteiger partial charge is 0.227 e. The van der Waals surface area contributed by atoms with E-state index in [1.807, 2.05) is 31.5 Å². The number of methoxy groups -OCH3 is 1. The molecule has 1 aliphatic heterocycles. The van der Waals surface area contributed by atoms with Crippen molar-refractivity contribution < 1.29 is 9.53 Å². The molecular formula is C28H35N5O2. The molecule has 35 heavy (non-hydrogen) atoms. The maximum atomic E-state index is 12.1. The van der Waals surface area contributed by atoms with Crippen molar-refractivity contribution >= 4 is 23.1 Å². The summed E-state index contributed by atoms with van der Waals surface area (Å²) in [6.07, 6.45) is 5.76. The van der Waals surface area contributed by atoms with Crippen LogP contribution in [0.1, 0.15) is 41.8 Å². The molecule has 7 heteroatoms. The minimum atomic E-state index is 0.121. The van der Waals surface area contributed by atoms with Gasteiger partial charge in [0.15, 0.2) is 5.78 Å². The van der Waals surface area contributed by atoms with Gasteiger partial charge in [0.25, 0.3) is 0 Å². The summed E-state index contributed by atoms with van der Waals surface area (Å²) in [5.74, 6) is 1.41.